The highest BCUT2D eigenvalue weighted by atomic mass is 32.2. The Bertz CT molecular complexity index is 1010. The number of hydrogen-bond acceptors (Lipinski definition) is 4. The van der Waals surface area contributed by atoms with Crippen LogP contribution in [0.3, 0.4) is 0 Å². The fourth-order valence-corrected chi connectivity index (χ4v) is 3.34. The zero-order valence-electron chi connectivity index (χ0n) is 15.7. The fourth-order valence-electron chi connectivity index (χ4n) is 2.71. The van der Waals surface area contributed by atoms with E-state index in [0.717, 1.165) is 11.1 Å². The van der Waals surface area contributed by atoms with Crippen LogP contribution in [0.4, 0.5) is 4.39 Å². The van der Waals surface area contributed by atoms with Crippen LogP contribution in [0.1, 0.15) is 24.1 Å². The molecule has 3 rings (SSSR count). The number of rotatable bonds is 7. The van der Waals surface area contributed by atoms with E-state index in [1.54, 1.807) is 24.3 Å². The molecule has 0 fully saturated rings. The molecular formula is C22H22FNO3S. The Balaban J connectivity index is 1.56. The van der Waals surface area contributed by atoms with Gasteiger partial charge in [-0.05, 0) is 66.6 Å². The molecule has 0 aliphatic carbocycles. The van der Waals surface area contributed by atoms with Gasteiger partial charge in [0.2, 0.25) is 0 Å². The van der Waals surface area contributed by atoms with Crippen molar-refractivity contribution in [2.24, 2.45) is 0 Å². The van der Waals surface area contributed by atoms with Gasteiger partial charge in [0.05, 0.1) is 4.90 Å². The van der Waals surface area contributed by atoms with Gasteiger partial charge >= 0.3 is 0 Å². The van der Waals surface area contributed by atoms with Crippen LogP contribution in [0.2, 0.25) is 0 Å². The standard InChI is InChI=1S/C22H22FNO3S/c1-16(18-5-13-22(14-6-18)28(2,25)26)24-15-17-3-9-20(10-4-17)27-21-11-7-19(23)8-12-21/h3-14,16,24H,15H2,1-2H3/t16-/m1/s1. The first-order valence-electron chi connectivity index (χ1n) is 8.87. The average Bonchev–Trinajstić information content (AvgIpc) is 2.68. The molecule has 0 radical (unpaired) electrons. The summed E-state index contributed by atoms with van der Waals surface area (Å²) in [6.45, 7) is 2.69. The van der Waals surface area contributed by atoms with E-state index in [1.807, 2.05) is 43.3 Å². The Kier molecular flexibility index (Phi) is 6.11. The van der Waals surface area contributed by atoms with E-state index in [-0.39, 0.29) is 11.9 Å². The molecule has 0 spiro atoms. The molecule has 6 heteroatoms. The number of sulfone groups is 1. The van der Waals surface area contributed by atoms with Crippen LogP contribution in [-0.4, -0.2) is 14.7 Å². The van der Waals surface area contributed by atoms with Crippen molar-refractivity contribution in [3.63, 3.8) is 0 Å². The van der Waals surface area contributed by atoms with E-state index in [4.69, 9.17) is 4.74 Å². The third-order valence-corrected chi connectivity index (χ3v) is 5.52. The number of hydrogen-bond donors (Lipinski definition) is 1. The van der Waals surface area contributed by atoms with Crippen molar-refractivity contribution < 1.29 is 17.5 Å². The molecule has 3 aromatic rings. The van der Waals surface area contributed by atoms with Crippen LogP contribution in [0.5, 0.6) is 11.5 Å². The van der Waals surface area contributed by atoms with Gasteiger partial charge in [-0.25, -0.2) is 12.8 Å². The summed E-state index contributed by atoms with van der Waals surface area (Å²) in [6, 6.07) is 20.5. The third-order valence-electron chi connectivity index (χ3n) is 4.39. The Morgan fingerprint density at radius 3 is 1.96 bits per heavy atom. The van der Waals surface area contributed by atoms with Crippen molar-refractivity contribution >= 4 is 9.84 Å². The first-order valence-corrected chi connectivity index (χ1v) is 10.8. The largest absolute Gasteiger partial charge is 0.457 e. The van der Waals surface area contributed by atoms with Crippen LogP contribution in [-0.2, 0) is 16.4 Å². The minimum Gasteiger partial charge on any atom is -0.457 e. The van der Waals surface area contributed by atoms with Crippen LogP contribution in [0.25, 0.3) is 0 Å². The van der Waals surface area contributed by atoms with Crippen LogP contribution in [0.15, 0.2) is 77.7 Å². The highest BCUT2D eigenvalue weighted by Crippen LogP contribution is 2.22. The van der Waals surface area contributed by atoms with Crippen molar-refractivity contribution in [3.05, 3.63) is 89.7 Å². The molecule has 0 unspecified atom stereocenters. The van der Waals surface area contributed by atoms with Gasteiger partial charge in [0.1, 0.15) is 17.3 Å². The summed E-state index contributed by atoms with van der Waals surface area (Å²) in [5.74, 6) is 0.965. The summed E-state index contributed by atoms with van der Waals surface area (Å²) in [7, 11) is -3.18. The Labute approximate surface area is 164 Å². The molecule has 1 atom stereocenters. The Morgan fingerprint density at radius 2 is 1.43 bits per heavy atom. The molecule has 0 aliphatic heterocycles. The molecule has 146 valence electrons. The van der Waals surface area contributed by atoms with Crippen molar-refractivity contribution in [2.45, 2.75) is 24.4 Å². The van der Waals surface area contributed by atoms with Gasteiger partial charge in [-0.3, -0.25) is 0 Å². The molecule has 0 saturated carbocycles. The zero-order chi connectivity index (χ0) is 20.1. The van der Waals surface area contributed by atoms with E-state index in [9.17, 15) is 12.8 Å². The molecule has 0 aliphatic rings. The summed E-state index contributed by atoms with van der Waals surface area (Å²) in [5.41, 5.74) is 2.11. The number of benzene rings is 3. The topological polar surface area (TPSA) is 55.4 Å². The zero-order valence-corrected chi connectivity index (χ0v) is 16.5. The number of nitrogens with one attached hydrogen (secondary N) is 1. The second kappa shape index (κ2) is 8.54. The minimum atomic E-state index is -3.18. The van der Waals surface area contributed by atoms with E-state index in [2.05, 4.69) is 5.32 Å². The summed E-state index contributed by atoms with van der Waals surface area (Å²) < 4.78 is 41.7. The summed E-state index contributed by atoms with van der Waals surface area (Å²) in [5, 5.41) is 3.42. The lowest BCUT2D eigenvalue weighted by Crippen LogP contribution is -2.18. The van der Waals surface area contributed by atoms with Gasteiger partial charge in [-0.15, -0.1) is 0 Å². The Hall–Kier alpha value is -2.70. The van der Waals surface area contributed by atoms with Gasteiger partial charge < -0.3 is 10.1 Å². The minimum absolute atomic E-state index is 0.0729. The van der Waals surface area contributed by atoms with Crippen LogP contribution >= 0.6 is 0 Å². The van der Waals surface area contributed by atoms with E-state index < -0.39 is 9.84 Å². The monoisotopic (exact) mass is 399 g/mol. The molecule has 4 nitrogen and oxygen atoms in total. The number of halogens is 1. The predicted molar refractivity (Wildman–Crippen MR) is 108 cm³/mol. The first-order chi connectivity index (χ1) is 13.3. The third kappa shape index (κ3) is 5.41. The lowest BCUT2D eigenvalue weighted by atomic mass is 10.1. The van der Waals surface area contributed by atoms with Gasteiger partial charge in [0.25, 0.3) is 0 Å². The van der Waals surface area contributed by atoms with Gasteiger partial charge in [-0.1, -0.05) is 24.3 Å². The molecule has 1 N–H and O–H groups in total. The van der Waals surface area contributed by atoms with Crippen LogP contribution in [0, 0.1) is 5.82 Å². The van der Waals surface area contributed by atoms with Gasteiger partial charge in [0.15, 0.2) is 9.84 Å². The van der Waals surface area contributed by atoms with E-state index in [1.165, 1.54) is 18.4 Å². The Morgan fingerprint density at radius 1 is 0.893 bits per heavy atom. The first kappa shape index (κ1) is 20.0. The molecule has 0 aromatic heterocycles. The molecule has 0 saturated heterocycles. The fraction of sp³-hybridized carbons (Fsp3) is 0.182. The molecule has 3 aromatic carbocycles. The van der Waals surface area contributed by atoms with E-state index in [0.29, 0.717) is 22.9 Å². The summed E-state index contributed by atoms with van der Waals surface area (Å²) >= 11 is 0. The van der Waals surface area contributed by atoms with Crippen molar-refractivity contribution in [1.82, 2.24) is 5.32 Å². The maximum absolute atomic E-state index is 12.9. The molecule has 0 amide bonds. The molecule has 0 heterocycles. The van der Waals surface area contributed by atoms with Crippen molar-refractivity contribution in [1.29, 1.82) is 0 Å². The SMILES string of the molecule is C[C@@H](NCc1ccc(Oc2ccc(F)cc2)cc1)c1ccc(S(C)(=O)=O)cc1. The maximum Gasteiger partial charge on any atom is 0.175 e. The number of ether oxygens (including phenoxy) is 1. The second-order valence-corrected chi connectivity index (χ2v) is 8.66. The van der Waals surface area contributed by atoms with Crippen molar-refractivity contribution in [2.75, 3.05) is 6.26 Å². The van der Waals surface area contributed by atoms with Gasteiger partial charge in [0, 0.05) is 18.8 Å². The van der Waals surface area contributed by atoms with Crippen molar-refractivity contribution in [3.8, 4) is 11.5 Å². The summed E-state index contributed by atoms with van der Waals surface area (Å²) in [6.07, 6.45) is 1.20. The second-order valence-electron chi connectivity index (χ2n) is 6.64. The molecule has 0 bridgehead atoms. The highest BCUT2D eigenvalue weighted by molar-refractivity contribution is 7.90. The quantitative estimate of drug-likeness (QED) is 0.616. The smallest absolute Gasteiger partial charge is 0.175 e. The average molecular weight is 399 g/mol. The highest BCUT2D eigenvalue weighted by Gasteiger charge is 2.09. The lowest BCUT2D eigenvalue weighted by molar-refractivity contribution is 0.480. The normalized spacial score (nSPS) is 12.5. The summed E-state index contributed by atoms with van der Waals surface area (Å²) in [4.78, 5) is 0.320. The maximum atomic E-state index is 12.9. The molecular weight excluding hydrogens is 377 g/mol. The lowest BCUT2D eigenvalue weighted by Gasteiger charge is -2.15. The molecule has 28 heavy (non-hydrogen) atoms. The van der Waals surface area contributed by atoms with Gasteiger partial charge in [-0.2, -0.15) is 0 Å². The van der Waals surface area contributed by atoms with E-state index >= 15 is 0 Å². The predicted octanol–water partition coefficient (Wildman–Crippen LogP) is 4.87. The van der Waals surface area contributed by atoms with Crippen LogP contribution < -0.4 is 10.1 Å².